The maximum absolute atomic E-state index is 12.0. The van der Waals surface area contributed by atoms with E-state index in [-0.39, 0.29) is 0 Å². The fourth-order valence-corrected chi connectivity index (χ4v) is 7.27. The first-order valence-corrected chi connectivity index (χ1v) is 18.3. The summed E-state index contributed by atoms with van der Waals surface area (Å²) in [5, 5.41) is 24.6. The Labute approximate surface area is 293 Å². The molecule has 0 amide bonds. The van der Waals surface area contributed by atoms with Gasteiger partial charge in [0.15, 0.2) is 0 Å². The molecule has 5 rings (SSSR count). The van der Waals surface area contributed by atoms with Crippen LogP contribution in [0, 0.1) is 19.3 Å². The second kappa shape index (κ2) is 16.1. The molecule has 0 fully saturated rings. The Balaban J connectivity index is 1.39. The third-order valence-electron chi connectivity index (χ3n) is 10.1. The summed E-state index contributed by atoms with van der Waals surface area (Å²) in [5.74, 6) is 0. The van der Waals surface area contributed by atoms with E-state index >= 15 is 0 Å². The third-order valence-corrected chi connectivity index (χ3v) is 10.1. The van der Waals surface area contributed by atoms with Crippen molar-refractivity contribution in [3.05, 3.63) is 105 Å². The summed E-state index contributed by atoms with van der Waals surface area (Å²) >= 11 is 0. The standard InChI is InChI=1S/C43H56N4O2/c1-8-35-36(28-48)41-40(39(49)19-17-15-13-11-9-10-12-14-16-18-24-43(4,5)6)42-30(3)29(2)38(47(42)7)27-34-23-21-32(45-34)25-31-20-22-33(44-31)26-37(35)46-41/h8,20-23,25-28,39,48-49H,1,9-19,24H2,2-7H3. The van der Waals surface area contributed by atoms with Crippen molar-refractivity contribution in [1.29, 1.82) is 0 Å². The normalized spacial score (nSPS) is 18.5. The van der Waals surface area contributed by atoms with Crippen molar-refractivity contribution in [1.82, 2.24) is 4.57 Å². The lowest BCUT2D eigenvalue weighted by Gasteiger charge is -2.18. The zero-order chi connectivity index (χ0) is 35.1. The van der Waals surface area contributed by atoms with Crippen LogP contribution in [-0.4, -0.2) is 38.0 Å². The third kappa shape index (κ3) is 8.77. The number of allylic oxidation sites excluding steroid dienone is 9. The average molecular weight is 661 g/mol. The molecule has 2 N–H and O–H groups in total. The van der Waals surface area contributed by atoms with Crippen LogP contribution >= 0.6 is 0 Å². The van der Waals surface area contributed by atoms with Crippen molar-refractivity contribution in [2.24, 2.45) is 27.4 Å². The van der Waals surface area contributed by atoms with Gasteiger partial charge in [0.25, 0.3) is 0 Å². The minimum absolute atomic E-state index is 0.449. The van der Waals surface area contributed by atoms with Gasteiger partial charge < -0.3 is 14.8 Å². The minimum Gasteiger partial charge on any atom is -0.515 e. The molecule has 1 aromatic rings. The molecule has 4 aliphatic heterocycles. The molecule has 4 aliphatic rings. The van der Waals surface area contributed by atoms with Crippen LogP contribution in [0.5, 0.6) is 0 Å². The van der Waals surface area contributed by atoms with Crippen LogP contribution in [0.2, 0.25) is 0 Å². The fourth-order valence-electron chi connectivity index (χ4n) is 7.27. The van der Waals surface area contributed by atoms with Crippen LogP contribution in [0.3, 0.4) is 0 Å². The number of aliphatic hydroxyl groups excluding tert-OH is 2. The topological polar surface area (TPSA) is 82.5 Å². The van der Waals surface area contributed by atoms with E-state index in [1.807, 2.05) is 43.5 Å². The summed E-state index contributed by atoms with van der Waals surface area (Å²) in [5.41, 5.74) is 9.15. The van der Waals surface area contributed by atoms with E-state index in [0.717, 1.165) is 69.3 Å². The van der Waals surface area contributed by atoms with Crippen molar-refractivity contribution < 1.29 is 10.2 Å². The van der Waals surface area contributed by atoms with Gasteiger partial charge in [0.05, 0.1) is 51.9 Å². The first-order valence-electron chi connectivity index (χ1n) is 18.3. The molecule has 6 nitrogen and oxygen atoms in total. The molecular formula is C43H56N4O2. The zero-order valence-corrected chi connectivity index (χ0v) is 30.6. The highest BCUT2D eigenvalue weighted by Gasteiger charge is 2.30. The van der Waals surface area contributed by atoms with Crippen molar-refractivity contribution >= 4 is 28.8 Å². The molecule has 49 heavy (non-hydrogen) atoms. The van der Waals surface area contributed by atoms with E-state index in [4.69, 9.17) is 15.0 Å². The zero-order valence-electron chi connectivity index (χ0n) is 30.6. The molecule has 0 saturated carbocycles. The predicted octanol–water partition coefficient (Wildman–Crippen LogP) is 8.80. The Bertz CT molecular complexity index is 1860. The Kier molecular flexibility index (Phi) is 11.9. The lowest BCUT2D eigenvalue weighted by Crippen LogP contribution is -2.33. The van der Waals surface area contributed by atoms with E-state index in [0.29, 0.717) is 34.4 Å². The number of rotatable bonds is 14. The van der Waals surface area contributed by atoms with Gasteiger partial charge in [0, 0.05) is 29.1 Å². The number of nitrogens with zero attached hydrogens (tertiary/aromatic N) is 4. The van der Waals surface area contributed by atoms with E-state index in [9.17, 15) is 10.2 Å². The van der Waals surface area contributed by atoms with E-state index in [1.54, 1.807) is 6.08 Å². The van der Waals surface area contributed by atoms with Gasteiger partial charge in [0.2, 0.25) is 0 Å². The van der Waals surface area contributed by atoms with Gasteiger partial charge in [-0.25, -0.2) is 15.0 Å². The maximum atomic E-state index is 12.0. The molecule has 1 atom stereocenters. The van der Waals surface area contributed by atoms with Crippen LogP contribution < -0.4 is 10.7 Å². The molecular weight excluding hydrogens is 604 g/mol. The molecule has 8 bridgehead atoms. The predicted molar refractivity (Wildman–Crippen MR) is 208 cm³/mol. The summed E-state index contributed by atoms with van der Waals surface area (Å²) in [4.78, 5) is 14.7. The average Bonchev–Trinajstić information content (AvgIpc) is 3.82. The van der Waals surface area contributed by atoms with Gasteiger partial charge in [-0.15, -0.1) is 0 Å². The molecule has 1 unspecified atom stereocenters. The second-order valence-corrected chi connectivity index (χ2v) is 15.1. The molecule has 1 aromatic heterocycles. The monoisotopic (exact) mass is 660 g/mol. The summed E-state index contributed by atoms with van der Waals surface area (Å²) in [6, 6.07) is 0. The first-order chi connectivity index (χ1) is 23.5. The van der Waals surface area contributed by atoms with Gasteiger partial charge in [-0.3, -0.25) is 0 Å². The van der Waals surface area contributed by atoms with Crippen LogP contribution in [0.4, 0.5) is 0 Å². The molecule has 0 saturated heterocycles. The van der Waals surface area contributed by atoms with Crippen molar-refractivity contribution in [3.63, 3.8) is 0 Å². The van der Waals surface area contributed by atoms with Gasteiger partial charge in [-0.05, 0) is 85.8 Å². The molecule has 5 heterocycles. The van der Waals surface area contributed by atoms with E-state index < -0.39 is 6.10 Å². The van der Waals surface area contributed by atoms with Gasteiger partial charge in [-0.2, -0.15) is 0 Å². The van der Waals surface area contributed by atoms with Gasteiger partial charge >= 0.3 is 0 Å². The number of aliphatic hydroxyl groups is 2. The second-order valence-electron chi connectivity index (χ2n) is 15.1. The Morgan fingerprint density at radius 1 is 0.776 bits per heavy atom. The number of hydrogen-bond donors (Lipinski definition) is 2. The van der Waals surface area contributed by atoms with Crippen LogP contribution in [-0.2, 0) is 7.05 Å². The number of unbranched alkanes of at least 4 members (excludes halogenated alkanes) is 9. The summed E-state index contributed by atoms with van der Waals surface area (Å²) in [6.07, 6.45) is 30.3. The van der Waals surface area contributed by atoms with Crippen LogP contribution in [0.25, 0.3) is 11.6 Å². The van der Waals surface area contributed by atoms with Crippen molar-refractivity contribution in [3.8, 4) is 0 Å². The Morgan fingerprint density at radius 3 is 1.94 bits per heavy atom. The Hall–Kier alpha value is -4.03. The van der Waals surface area contributed by atoms with Gasteiger partial charge in [-0.1, -0.05) is 97.6 Å². The SMILES string of the molecule is C=CC1=C2C=C3C=CC(=N3)C=C3C=CC(=N3)C=c3c(C)c(C)c(n3C)=C(C(O)CCCCCCCCCCCCC(C)(C)C)C(=N2)C1=CO. The highest BCUT2D eigenvalue weighted by atomic mass is 16.3. The number of aromatic nitrogens is 1. The lowest BCUT2D eigenvalue weighted by atomic mass is 9.89. The quantitative estimate of drug-likeness (QED) is 0.154. The summed E-state index contributed by atoms with van der Waals surface area (Å²) < 4.78 is 2.15. The molecule has 0 radical (unpaired) electrons. The number of aliphatic imine (C=N–C) groups is 3. The van der Waals surface area contributed by atoms with Crippen molar-refractivity contribution in [2.75, 3.05) is 0 Å². The fraction of sp³-hybridized carbons (Fsp3) is 0.465. The highest BCUT2D eigenvalue weighted by Crippen LogP contribution is 2.34. The van der Waals surface area contributed by atoms with Gasteiger partial charge in [0.1, 0.15) is 0 Å². The largest absolute Gasteiger partial charge is 0.515 e. The smallest absolute Gasteiger partial charge is 0.0892 e. The highest BCUT2D eigenvalue weighted by molar-refractivity contribution is 6.32. The van der Waals surface area contributed by atoms with E-state index in [1.165, 1.54) is 57.8 Å². The Morgan fingerprint density at radius 2 is 1.35 bits per heavy atom. The molecule has 260 valence electrons. The molecule has 6 heteroatoms. The lowest BCUT2D eigenvalue weighted by molar-refractivity contribution is 0.218. The summed E-state index contributed by atoms with van der Waals surface area (Å²) in [6.45, 7) is 15.3. The van der Waals surface area contributed by atoms with Crippen molar-refractivity contribution in [2.45, 2.75) is 118 Å². The maximum Gasteiger partial charge on any atom is 0.0892 e. The molecule has 0 aliphatic carbocycles. The summed E-state index contributed by atoms with van der Waals surface area (Å²) in [7, 11) is 2.04. The van der Waals surface area contributed by atoms with E-state index in [2.05, 4.69) is 51.8 Å². The van der Waals surface area contributed by atoms with Crippen LogP contribution in [0.15, 0.2) is 98.6 Å². The minimum atomic E-state index is -0.771. The molecule has 0 spiro atoms. The van der Waals surface area contributed by atoms with Crippen LogP contribution in [0.1, 0.15) is 109 Å². The molecule has 0 aromatic carbocycles. The first kappa shape index (κ1) is 36.3. The number of fused-ring (bicyclic) bond motifs is 5. The number of hydrogen-bond acceptors (Lipinski definition) is 5.